The third-order valence-electron chi connectivity index (χ3n) is 2.19. The van der Waals surface area contributed by atoms with Crippen molar-refractivity contribution < 1.29 is 4.74 Å². The maximum atomic E-state index is 10.8. The lowest BCUT2D eigenvalue weighted by molar-refractivity contribution is 0.116. The van der Waals surface area contributed by atoms with Gasteiger partial charge in [0.05, 0.1) is 6.61 Å². The highest BCUT2D eigenvalue weighted by Gasteiger charge is 1.94. The van der Waals surface area contributed by atoms with Gasteiger partial charge in [-0.15, -0.1) is 0 Å². The zero-order chi connectivity index (χ0) is 11.1. The first-order chi connectivity index (χ1) is 7.18. The number of rotatable bonds is 6. The molecule has 0 aliphatic carbocycles. The molecule has 1 heterocycles. The van der Waals surface area contributed by atoms with E-state index in [4.69, 9.17) is 4.74 Å². The Labute approximate surface area is 90.7 Å². The molecule has 0 amide bonds. The molecule has 0 saturated heterocycles. The Kier molecular flexibility index (Phi) is 5.12. The van der Waals surface area contributed by atoms with Crippen molar-refractivity contribution in [3.8, 4) is 0 Å². The van der Waals surface area contributed by atoms with Crippen molar-refractivity contribution in [1.29, 1.82) is 0 Å². The van der Waals surface area contributed by atoms with Crippen molar-refractivity contribution in [3.63, 3.8) is 0 Å². The number of ether oxygens (including phenoxy) is 1. The Morgan fingerprint density at radius 1 is 1.27 bits per heavy atom. The molecule has 0 atom stereocenters. The van der Waals surface area contributed by atoms with Gasteiger partial charge in [-0.2, -0.15) is 0 Å². The van der Waals surface area contributed by atoms with E-state index in [1.165, 1.54) is 0 Å². The normalized spacial score (nSPS) is 10.9. The molecule has 1 aromatic rings. The second-order valence-corrected chi connectivity index (χ2v) is 4.07. The predicted octanol–water partition coefficient (Wildman–Crippen LogP) is 1.91. The van der Waals surface area contributed by atoms with Crippen molar-refractivity contribution >= 4 is 0 Å². The fourth-order valence-electron chi connectivity index (χ4n) is 1.18. The summed E-state index contributed by atoms with van der Waals surface area (Å²) in [6.07, 6.45) is 4.67. The van der Waals surface area contributed by atoms with Gasteiger partial charge in [0.1, 0.15) is 0 Å². The van der Waals surface area contributed by atoms with Gasteiger partial charge in [-0.1, -0.05) is 13.8 Å². The lowest BCUT2D eigenvalue weighted by atomic mass is 10.1. The first kappa shape index (κ1) is 12.0. The van der Waals surface area contributed by atoms with Crippen LogP contribution in [0.3, 0.4) is 0 Å². The predicted molar refractivity (Wildman–Crippen MR) is 61.0 cm³/mol. The van der Waals surface area contributed by atoms with Crippen molar-refractivity contribution in [3.05, 3.63) is 34.7 Å². The molecule has 15 heavy (non-hydrogen) atoms. The summed E-state index contributed by atoms with van der Waals surface area (Å²) in [5.74, 6) is 0.692. The van der Waals surface area contributed by atoms with Crippen LogP contribution < -0.4 is 5.43 Å². The lowest BCUT2D eigenvalue weighted by Crippen LogP contribution is -2.09. The van der Waals surface area contributed by atoms with Crippen LogP contribution in [0.2, 0.25) is 0 Å². The first-order valence-electron chi connectivity index (χ1n) is 5.42. The molecule has 84 valence electrons. The van der Waals surface area contributed by atoms with Gasteiger partial charge in [-0.05, 0) is 12.3 Å². The van der Waals surface area contributed by atoms with Gasteiger partial charge < -0.3 is 9.30 Å². The molecule has 3 nitrogen and oxygen atoms in total. The number of hydrogen-bond donors (Lipinski definition) is 0. The standard InChI is InChI=1S/C12H19NO2/c1-11(2)5-9-15-10-8-13-6-3-12(14)4-7-13/h3-4,6-7,11H,5,8-10H2,1-2H3. The topological polar surface area (TPSA) is 31.2 Å². The number of pyridine rings is 1. The zero-order valence-corrected chi connectivity index (χ0v) is 9.48. The van der Waals surface area contributed by atoms with E-state index in [1.54, 1.807) is 24.5 Å². The summed E-state index contributed by atoms with van der Waals surface area (Å²) in [4.78, 5) is 10.8. The van der Waals surface area contributed by atoms with Crippen LogP contribution >= 0.6 is 0 Å². The molecule has 0 aromatic carbocycles. The third kappa shape index (κ3) is 5.37. The maximum absolute atomic E-state index is 10.8. The summed E-state index contributed by atoms with van der Waals surface area (Å²) in [6.45, 7) is 6.70. The fraction of sp³-hybridized carbons (Fsp3) is 0.583. The first-order valence-corrected chi connectivity index (χ1v) is 5.42. The molecule has 0 radical (unpaired) electrons. The summed E-state index contributed by atoms with van der Waals surface area (Å²) in [7, 11) is 0. The molecule has 0 saturated carbocycles. The van der Waals surface area contributed by atoms with E-state index in [2.05, 4.69) is 13.8 Å². The highest BCUT2D eigenvalue weighted by atomic mass is 16.5. The van der Waals surface area contributed by atoms with Gasteiger partial charge in [0.15, 0.2) is 5.43 Å². The van der Waals surface area contributed by atoms with Crippen LogP contribution in [0, 0.1) is 5.92 Å². The Morgan fingerprint density at radius 2 is 1.93 bits per heavy atom. The van der Waals surface area contributed by atoms with Crippen LogP contribution in [0.25, 0.3) is 0 Å². The van der Waals surface area contributed by atoms with Crippen LogP contribution in [0.1, 0.15) is 20.3 Å². The van der Waals surface area contributed by atoms with Crippen LogP contribution in [-0.4, -0.2) is 17.8 Å². The molecule has 1 aromatic heterocycles. The Hall–Kier alpha value is -1.09. The third-order valence-corrected chi connectivity index (χ3v) is 2.19. The summed E-state index contributed by atoms with van der Waals surface area (Å²) in [5, 5.41) is 0. The van der Waals surface area contributed by atoms with Gasteiger partial charge in [0.2, 0.25) is 0 Å². The summed E-state index contributed by atoms with van der Waals surface area (Å²) >= 11 is 0. The Bertz CT molecular complexity index is 310. The van der Waals surface area contributed by atoms with Crippen molar-refractivity contribution in [2.45, 2.75) is 26.8 Å². The van der Waals surface area contributed by atoms with Crippen molar-refractivity contribution in [1.82, 2.24) is 4.57 Å². The lowest BCUT2D eigenvalue weighted by Gasteiger charge is -2.08. The van der Waals surface area contributed by atoms with Crippen LogP contribution in [0.4, 0.5) is 0 Å². The van der Waals surface area contributed by atoms with E-state index in [0.717, 1.165) is 19.6 Å². The second kappa shape index (κ2) is 6.40. The molecule has 0 aliphatic heterocycles. The Balaban J connectivity index is 2.15. The molecule has 0 spiro atoms. The molecule has 0 N–H and O–H groups in total. The van der Waals surface area contributed by atoms with Crippen molar-refractivity contribution in [2.75, 3.05) is 13.2 Å². The van der Waals surface area contributed by atoms with Crippen molar-refractivity contribution in [2.24, 2.45) is 5.92 Å². The summed E-state index contributed by atoms with van der Waals surface area (Å²) in [5.41, 5.74) is 0.0481. The smallest absolute Gasteiger partial charge is 0.181 e. The van der Waals surface area contributed by atoms with Gasteiger partial charge in [0, 0.05) is 37.7 Å². The number of hydrogen-bond acceptors (Lipinski definition) is 2. The second-order valence-electron chi connectivity index (χ2n) is 4.07. The molecule has 3 heteroatoms. The van der Waals surface area contributed by atoms with E-state index < -0.39 is 0 Å². The van der Waals surface area contributed by atoms with Gasteiger partial charge in [-0.25, -0.2) is 0 Å². The largest absolute Gasteiger partial charge is 0.380 e. The molecule has 0 fully saturated rings. The van der Waals surface area contributed by atoms with E-state index in [-0.39, 0.29) is 5.43 Å². The fourth-order valence-corrected chi connectivity index (χ4v) is 1.18. The van der Waals surface area contributed by atoms with Crippen LogP contribution in [0.5, 0.6) is 0 Å². The van der Waals surface area contributed by atoms with E-state index in [9.17, 15) is 4.79 Å². The van der Waals surface area contributed by atoms with E-state index in [0.29, 0.717) is 12.5 Å². The molecule has 1 rings (SSSR count). The SMILES string of the molecule is CC(C)CCOCCn1ccc(=O)cc1. The average molecular weight is 209 g/mol. The number of nitrogens with zero attached hydrogens (tertiary/aromatic N) is 1. The van der Waals surface area contributed by atoms with E-state index in [1.807, 2.05) is 4.57 Å². The summed E-state index contributed by atoms with van der Waals surface area (Å²) < 4.78 is 7.43. The van der Waals surface area contributed by atoms with Gasteiger partial charge in [-0.3, -0.25) is 4.79 Å². The highest BCUT2D eigenvalue weighted by molar-refractivity contribution is 4.93. The highest BCUT2D eigenvalue weighted by Crippen LogP contribution is 1.98. The molecule has 0 aliphatic rings. The minimum Gasteiger partial charge on any atom is -0.380 e. The quantitative estimate of drug-likeness (QED) is 0.670. The monoisotopic (exact) mass is 209 g/mol. The minimum atomic E-state index is 0.0481. The average Bonchev–Trinajstić information content (AvgIpc) is 2.20. The van der Waals surface area contributed by atoms with Crippen LogP contribution in [-0.2, 0) is 11.3 Å². The zero-order valence-electron chi connectivity index (χ0n) is 9.48. The maximum Gasteiger partial charge on any atom is 0.181 e. The molecule has 0 unspecified atom stereocenters. The van der Waals surface area contributed by atoms with E-state index >= 15 is 0 Å². The number of aromatic nitrogens is 1. The minimum absolute atomic E-state index is 0.0481. The molecular weight excluding hydrogens is 190 g/mol. The molecular formula is C12H19NO2. The summed E-state index contributed by atoms with van der Waals surface area (Å²) in [6, 6.07) is 3.13. The van der Waals surface area contributed by atoms with Crippen LogP contribution in [0.15, 0.2) is 29.3 Å². The van der Waals surface area contributed by atoms with Gasteiger partial charge >= 0.3 is 0 Å². The molecule has 0 bridgehead atoms. The van der Waals surface area contributed by atoms with Gasteiger partial charge in [0.25, 0.3) is 0 Å². The Morgan fingerprint density at radius 3 is 2.53 bits per heavy atom.